The molecule has 2 saturated heterocycles. The molecule has 9 atom stereocenters. The second-order valence-electron chi connectivity index (χ2n) is 35.3. The monoisotopic (exact) mass is 2720 g/mol. The van der Waals surface area contributed by atoms with E-state index < -0.39 is 68.4 Å². The van der Waals surface area contributed by atoms with Crippen LogP contribution < -0.4 is 44.0 Å². The van der Waals surface area contributed by atoms with Crippen molar-refractivity contribution in [2.75, 3.05) is 247 Å². The normalized spacial score (nSPS) is 19.9. The van der Waals surface area contributed by atoms with Gasteiger partial charge in [0.1, 0.15) is 68.4 Å². The Morgan fingerprint density at radius 2 is 0.500 bits per heavy atom. The first-order chi connectivity index (χ1) is 66.6. The zero-order valence-electron chi connectivity index (χ0n) is 86.7. The Morgan fingerprint density at radius 3 is 0.729 bits per heavy atom. The van der Waals surface area contributed by atoms with Crippen LogP contribution in [0.25, 0.3) is 10.9 Å². The van der Waals surface area contributed by atoms with Crippen LogP contribution in [0.2, 0.25) is 0 Å². The SMILES string of the molecule is CC.CCCCOP(=O)([O-])CN1CCN(CP(=O)([O-])OCCCC)Cc2cccc(n2)CN(CP(=O)([O-])OCCCC)CC1.CCCCOP(=O)([O-])CN1CCN(Cc2ccc3c[c-]ccc3n2)CCN(CP(=O)([O-])OCCCC)CCN(CP(=O)([O-])OCCCC)CC1.CCCCOP(=O)([O-])CN1CCN(Cc2ccccn2)CCN(CP(=O)([O-])OCCCC)CCN(CP(=O)([O-])OCCCC)CC1.[Tb+3].[Tb+3].[Tb+3].[Y]. The van der Waals surface area contributed by atoms with E-state index in [1.807, 2.05) is 125 Å². The van der Waals surface area contributed by atoms with E-state index in [1.54, 1.807) is 68.5 Å². The van der Waals surface area contributed by atoms with E-state index in [1.165, 1.54) is 0 Å². The van der Waals surface area contributed by atoms with Gasteiger partial charge in [-0.15, -0.1) is 17.5 Å². The minimum absolute atomic E-state index is 0. The second-order valence-corrected chi connectivity index (χ2v) is 51.2. The summed E-state index contributed by atoms with van der Waals surface area (Å²) < 4.78 is 163. The predicted molar refractivity (Wildman–Crippen MR) is 533 cm³/mol. The molecule has 4 aromatic rings. The van der Waals surface area contributed by atoms with Crippen molar-refractivity contribution in [3.05, 3.63) is 102 Å². The first-order valence-corrected chi connectivity index (χ1v) is 65.7. The molecule has 0 saturated carbocycles. The summed E-state index contributed by atoms with van der Waals surface area (Å²) in [7, 11) is -37.9. The third kappa shape index (κ3) is 70.7. The Balaban J connectivity index is 0.00000209. The molecule has 3 aliphatic heterocycles. The fraction of sp³-hybridized carbons (Fsp3) is 0.789. The number of aromatic nitrogens is 3. The number of nitrogens with zero attached hydrogens (tertiary/aromatic N) is 14. The van der Waals surface area contributed by atoms with Gasteiger partial charge in [-0.05, 0) is 87.6 Å². The summed E-state index contributed by atoms with van der Waals surface area (Å²) in [5.41, 5.74) is 3.71. The van der Waals surface area contributed by atoms with Crippen molar-refractivity contribution in [1.82, 2.24) is 68.9 Å². The Kier molecular flexibility index (Phi) is 83.8. The Bertz CT molecular complexity index is 4330. The molecule has 1 radical (unpaired) electrons. The molecule has 144 heavy (non-hydrogen) atoms. The number of fused-ring (bicyclic) bond motifs is 3. The number of unbranched alkanes of at least 4 members (excludes halogenated alkanes) is 9. The van der Waals surface area contributed by atoms with Gasteiger partial charge in [0.05, 0.1) is 139 Å². The first kappa shape index (κ1) is 147. The van der Waals surface area contributed by atoms with E-state index in [0.717, 1.165) is 80.1 Å². The van der Waals surface area contributed by atoms with Crippen molar-refractivity contribution in [3.63, 3.8) is 0 Å². The predicted octanol–water partition coefficient (Wildman–Crippen LogP) is 10.5. The van der Waals surface area contributed by atoms with Gasteiger partial charge in [0, 0.05) is 196 Å². The molecule has 1 aromatic carbocycles. The molecular formula is C90H165N14O27P9Tb3Y-. The summed E-state index contributed by atoms with van der Waals surface area (Å²) in [6.45, 7) is 29.9. The van der Waals surface area contributed by atoms with Gasteiger partial charge >= 0.3 is 116 Å². The van der Waals surface area contributed by atoms with Crippen LogP contribution in [-0.4, -0.2) is 316 Å². The van der Waals surface area contributed by atoms with Crippen molar-refractivity contribution in [2.45, 2.75) is 218 Å². The third-order valence-corrected chi connectivity index (χ3v) is 34.4. The maximum absolute atomic E-state index is 13.0. The van der Waals surface area contributed by atoms with Crippen molar-refractivity contribution >= 4 is 79.3 Å². The van der Waals surface area contributed by atoms with E-state index in [2.05, 4.69) is 25.8 Å². The molecule has 833 valence electrons. The van der Waals surface area contributed by atoms with Gasteiger partial charge in [-0.1, -0.05) is 152 Å². The maximum atomic E-state index is 13.0. The number of benzene rings is 1. The van der Waals surface area contributed by atoms with Gasteiger partial charge in [0.25, 0.3) is 0 Å². The standard InChI is InChI=1S/C33H59N5O9P3.C29H58N5O9P3.C26H51N4O9P3.C2H6.3Tb.Y/c1-4-7-24-45-48(39,40)28-36-18-16-35(27-32-15-14-31-12-10-11-13-33(31)34-32)17-19-37(29-49(41,42)46-25-8-5-2)21-23-38(22-20-36)30-50(43,44)47-26-9-6-3;1-4-7-22-41-44(35,36)26-32-16-14-31(25-29-12-10-11-13-30-29)15-17-33(27-45(37,38)42-23-8-5-2)19-21-34(20-18-32)28-46(39,40)43-24-9-6-3;1-4-7-17-37-40(31,32)22-28-13-15-29(23-41(33,34)38-18-8-5-2)20-25-11-10-12-26(27-25)21-30(16-14-28)24-42(35,36)39-19-9-6-3;1-2;;;;/h11-15H,4-9,16-30H2,1-3H3,(H,39,40)(H,41,42)(H,43,44);10-13H,4-9,14-28H2,1-3H3,(H,35,36)(H,37,38)(H,39,40);10-12H,4-9,13-24H2,1-3H3,(H,31,32)(H,33,34)(H,35,36);1-2H3;;;;/q-1;;;;3*+3;/p-9. The number of rotatable bonds is 58. The van der Waals surface area contributed by atoms with Crippen LogP contribution in [-0.2, 0) is 141 Å². The van der Waals surface area contributed by atoms with Crippen LogP contribution in [0, 0.1) is 122 Å². The van der Waals surface area contributed by atoms with Gasteiger partial charge in [0.2, 0.25) is 0 Å². The molecule has 7 rings (SSSR count). The Labute approximate surface area is 978 Å². The molecule has 9 unspecified atom stereocenters. The van der Waals surface area contributed by atoms with E-state index in [4.69, 9.17) is 45.7 Å². The maximum Gasteiger partial charge on any atom is 3.00 e. The van der Waals surface area contributed by atoms with E-state index in [9.17, 15) is 85.1 Å². The van der Waals surface area contributed by atoms with Crippen LogP contribution >= 0.6 is 68.4 Å². The van der Waals surface area contributed by atoms with Crippen LogP contribution in [0.4, 0.5) is 0 Å². The zero-order valence-corrected chi connectivity index (χ0v) is 104. The molecule has 0 N–H and O–H groups in total. The van der Waals surface area contributed by atoms with E-state index in [-0.39, 0.29) is 356 Å². The quantitative estimate of drug-likeness (QED) is 0.0225. The summed E-state index contributed by atoms with van der Waals surface area (Å²) in [6.07, 6.45) is 11.4. The molecule has 0 aliphatic carbocycles. The second kappa shape index (κ2) is 82.2. The smallest absolute Gasteiger partial charge is 0.778 e. The van der Waals surface area contributed by atoms with Gasteiger partial charge in [-0.25, -0.2) is 0 Å². The zero-order chi connectivity index (χ0) is 103. The molecule has 2 fully saturated rings. The molecule has 41 nitrogen and oxygen atoms in total. The van der Waals surface area contributed by atoms with E-state index in [0.29, 0.717) is 135 Å². The van der Waals surface area contributed by atoms with Crippen molar-refractivity contribution in [3.8, 4) is 0 Å². The molecule has 3 aliphatic rings. The fourth-order valence-electron chi connectivity index (χ4n) is 14.5. The minimum Gasteiger partial charge on any atom is -0.778 e. The minimum atomic E-state index is -4.25. The average molecular weight is 2720 g/mol. The molecular weight excluding hydrogens is 2550 g/mol. The van der Waals surface area contributed by atoms with Crippen molar-refractivity contribution in [2.24, 2.45) is 0 Å². The van der Waals surface area contributed by atoms with Crippen LogP contribution in [0.15, 0.2) is 72.9 Å². The number of hydrogen-bond acceptors (Lipinski definition) is 41. The van der Waals surface area contributed by atoms with Gasteiger partial charge in [-0.2, -0.15) is 18.2 Å². The molecule has 54 heteroatoms. The number of hydrogen-bond donors (Lipinski definition) is 0. The van der Waals surface area contributed by atoms with E-state index >= 15 is 0 Å². The van der Waals surface area contributed by atoms with Crippen molar-refractivity contribution < 1.29 is 274 Å². The van der Waals surface area contributed by atoms with Crippen LogP contribution in [0.5, 0.6) is 0 Å². The summed E-state index contributed by atoms with van der Waals surface area (Å²) in [4.78, 5) is 150. The third-order valence-electron chi connectivity index (χ3n) is 22.5. The average Bonchev–Trinajstić information content (AvgIpc) is 0.841. The summed E-state index contributed by atoms with van der Waals surface area (Å²) >= 11 is 0. The summed E-state index contributed by atoms with van der Waals surface area (Å²) in [5, 5.41) is 0.966. The van der Waals surface area contributed by atoms with Gasteiger partial charge < -0.3 is 126 Å². The first-order valence-electron chi connectivity index (χ1n) is 50.1. The molecule has 6 heterocycles. The Hall–Kier alpha value is 2.80. The molecule has 2 bridgehead atoms. The largest absolute Gasteiger partial charge is 3.00 e. The molecule has 0 amide bonds. The van der Waals surface area contributed by atoms with Crippen LogP contribution in [0.1, 0.15) is 215 Å². The summed E-state index contributed by atoms with van der Waals surface area (Å²) in [5.74, 6) is 0. The van der Waals surface area contributed by atoms with Gasteiger partial charge in [0.15, 0.2) is 0 Å². The van der Waals surface area contributed by atoms with Gasteiger partial charge in [-0.3, -0.25) is 68.9 Å². The fourth-order valence-corrected chi connectivity index (χ4v) is 25.8. The Morgan fingerprint density at radius 1 is 0.278 bits per heavy atom. The number of pyridine rings is 3. The molecule has 3 aromatic heterocycles. The topological polar surface area (TPSA) is 519 Å². The van der Waals surface area contributed by atoms with Crippen LogP contribution in [0.3, 0.4) is 0 Å². The van der Waals surface area contributed by atoms with Crippen molar-refractivity contribution in [1.29, 1.82) is 0 Å². The summed E-state index contributed by atoms with van der Waals surface area (Å²) in [6, 6.07) is 23.6. The molecule has 0 spiro atoms.